The van der Waals surface area contributed by atoms with Crippen LogP contribution < -0.4 is 17.0 Å². The van der Waals surface area contributed by atoms with Gasteiger partial charge in [-0.1, -0.05) is 0 Å². The third kappa shape index (κ3) is 4.04. The normalized spacial score (nSPS) is 35.5. The number of alkyl halides is 2. The number of nitrogens with zero attached hydrogens (tertiary/aromatic N) is 7. The summed E-state index contributed by atoms with van der Waals surface area (Å²) in [6.07, 6.45) is -9.10. The van der Waals surface area contributed by atoms with E-state index in [4.69, 9.17) is 41.8 Å². The number of aromatic amines is 1. The average molecular weight is 630 g/mol. The SMILES string of the molecule is Nc1nc2c(ncn2[C@@H]2O[C@@H]3C(O)[C@]3(F)[C@@H]2OP(O)(=S)OC[C@H]2O[C@@H](n3cnc4c(N)ncnc43)[C@@H](F)[C@@H]2O)c(=O)[nH]1. The van der Waals surface area contributed by atoms with Gasteiger partial charge in [0.15, 0.2) is 53.0 Å². The summed E-state index contributed by atoms with van der Waals surface area (Å²) in [6, 6.07) is 0. The first-order valence-electron chi connectivity index (χ1n) is 12.2. The highest BCUT2D eigenvalue weighted by atomic mass is 32.5. The molecule has 2 saturated heterocycles. The quantitative estimate of drug-likeness (QED) is 0.125. The molecule has 0 bridgehead atoms. The minimum atomic E-state index is -4.38. The van der Waals surface area contributed by atoms with E-state index in [9.17, 15) is 19.9 Å². The van der Waals surface area contributed by atoms with Gasteiger partial charge in [-0.25, -0.2) is 28.7 Å². The Morgan fingerprint density at radius 2 is 1.83 bits per heavy atom. The molecule has 3 fully saturated rings. The van der Waals surface area contributed by atoms with Gasteiger partial charge in [-0.15, -0.1) is 0 Å². The van der Waals surface area contributed by atoms with Gasteiger partial charge < -0.3 is 40.6 Å². The molecule has 0 radical (unpaired) electrons. The highest BCUT2D eigenvalue weighted by Crippen LogP contribution is 2.62. The van der Waals surface area contributed by atoms with Crippen molar-refractivity contribution in [1.82, 2.24) is 39.0 Å². The van der Waals surface area contributed by atoms with E-state index in [2.05, 4.69) is 29.9 Å². The minimum Gasteiger partial charge on any atom is -0.387 e. The van der Waals surface area contributed by atoms with Crippen molar-refractivity contribution in [3.8, 4) is 0 Å². The lowest BCUT2D eigenvalue weighted by Gasteiger charge is -2.29. The number of anilines is 2. The number of hydrogen-bond donors (Lipinski definition) is 6. The van der Waals surface area contributed by atoms with Gasteiger partial charge >= 0.3 is 6.72 Å². The molecule has 0 amide bonds. The third-order valence-corrected chi connectivity index (χ3v) is 8.92. The van der Waals surface area contributed by atoms with E-state index in [1.54, 1.807) is 0 Å². The fourth-order valence-electron chi connectivity index (χ4n) is 5.21. The van der Waals surface area contributed by atoms with Crippen LogP contribution in [0.3, 0.4) is 0 Å². The first-order valence-corrected chi connectivity index (χ1v) is 14.8. The van der Waals surface area contributed by atoms with Crippen LogP contribution in [0.2, 0.25) is 0 Å². The second-order valence-electron chi connectivity index (χ2n) is 9.87. The van der Waals surface area contributed by atoms with E-state index in [1.165, 1.54) is 10.9 Å². The topological polar surface area (TPSA) is 257 Å². The Labute approximate surface area is 236 Å². The van der Waals surface area contributed by atoms with Crippen molar-refractivity contribution in [2.75, 3.05) is 18.1 Å². The zero-order valence-corrected chi connectivity index (χ0v) is 22.5. The van der Waals surface area contributed by atoms with Gasteiger partial charge in [-0.3, -0.25) is 23.4 Å². The Morgan fingerprint density at radius 1 is 1.12 bits per heavy atom. The summed E-state index contributed by atoms with van der Waals surface area (Å²) >= 11 is 5.07. The Morgan fingerprint density at radius 3 is 2.60 bits per heavy atom. The molecule has 10 atom stereocenters. The van der Waals surface area contributed by atoms with Gasteiger partial charge in [-0.2, -0.15) is 4.98 Å². The van der Waals surface area contributed by atoms with E-state index < -0.39 is 73.7 Å². The zero-order chi connectivity index (χ0) is 29.7. The molecule has 7 rings (SSSR count). The van der Waals surface area contributed by atoms with E-state index in [-0.39, 0.29) is 34.1 Å². The number of hydrogen-bond acceptors (Lipinski definition) is 15. The predicted molar refractivity (Wildman–Crippen MR) is 138 cm³/mol. The van der Waals surface area contributed by atoms with Crippen LogP contribution in [0.25, 0.3) is 22.3 Å². The van der Waals surface area contributed by atoms with Gasteiger partial charge in [0.25, 0.3) is 5.56 Å². The molecule has 2 unspecified atom stereocenters. The molecule has 0 spiro atoms. The number of ether oxygens (including phenoxy) is 2. The van der Waals surface area contributed by atoms with Crippen molar-refractivity contribution in [3.63, 3.8) is 0 Å². The molecule has 0 aromatic carbocycles. The fourth-order valence-corrected chi connectivity index (χ4v) is 6.62. The molecule has 3 aliphatic rings. The lowest BCUT2D eigenvalue weighted by atomic mass is 10.1. The van der Waals surface area contributed by atoms with Crippen molar-refractivity contribution in [2.24, 2.45) is 0 Å². The number of halogens is 2. The number of aliphatic hydroxyl groups is 2. The number of aliphatic hydroxyl groups excluding tert-OH is 2. The maximum atomic E-state index is 15.7. The van der Waals surface area contributed by atoms with E-state index in [1.807, 2.05) is 0 Å². The highest BCUT2D eigenvalue weighted by molar-refractivity contribution is 8.07. The maximum absolute atomic E-state index is 15.7. The van der Waals surface area contributed by atoms with E-state index in [0.717, 1.165) is 17.2 Å². The number of nitrogens with two attached hydrogens (primary N) is 2. The summed E-state index contributed by atoms with van der Waals surface area (Å²) in [6.45, 7) is -5.04. The largest absolute Gasteiger partial charge is 0.387 e. The summed E-state index contributed by atoms with van der Waals surface area (Å²) in [7, 11) is 0. The third-order valence-electron chi connectivity index (χ3n) is 7.38. The van der Waals surface area contributed by atoms with Gasteiger partial charge in [0.05, 0.1) is 19.3 Å². The molecule has 4 aromatic heterocycles. The molecule has 18 nitrogen and oxygen atoms in total. The molecular weight excluding hydrogens is 609 g/mol. The molecule has 1 aliphatic carbocycles. The van der Waals surface area contributed by atoms with Crippen LogP contribution >= 0.6 is 6.72 Å². The fraction of sp³-hybridized carbons (Fsp3) is 0.500. The predicted octanol–water partition coefficient (Wildman–Crippen LogP) is -1.68. The molecule has 4 aromatic rings. The van der Waals surface area contributed by atoms with Crippen LogP contribution in [-0.2, 0) is 30.3 Å². The van der Waals surface area contributed by atoms with E-state index >= 15 is 8.78 Å². The van der Waals surface area contributed by atoms with Crippen molar-refractivity contribution in [2.45, 2.75) is 54.8 Å². The van der Waals surface area contributed by atoms with Gasteiger partial charge in [-0.05, 0) is 11.8 Å². The summed E-state index contributed by atoms with van der Waals surface area (Å²) in [5.74, 6) is -0.192. The number of nitrogens with one attached hydrogen (secondary N) is 1. The molecular formula is C20H21F2N10O8PS. The molecule has 6 heterocycles. The molecule has 22 heteroatoms. The molecule has 2 aliphatic heterocycles. The Hall–Kier alpha value is -3.27. The van der Waals surface area contributed by atoms with Crippen LogP contribution in [0.1, 0.15) is 12.5 Å². The van der Waals surface area contributed by atoms with Crippen LogP contribution in [0.4, 0.5) is 20.5 Å². The number of nitrogen functional groups attached to an aromatic ring is 2. The van der Waals surface area contributed by atoms with Crippen molar-refractivity contribution >= 4 is 52.6 Å². The second kappa shape index (κ2) is 9.36. The van der Waals surface area contributed by atoms with Gasteiger partial charge in [0, 0.05) is 0 Å². The monoisotopic (exact) mass is 630 g/mol. The minimum absolute atomic E-state index is 0.0586. The second-order valence-corrected chi connectivity index (χ2v) is 12.7. The van der Waals surface area contributed by atoms with Crippen molar-refractivity contribution in [3.05, 3.63) is 29.3 Å². The number of fused-ring (bicyclic) bond motifs is 3. The first-order chi connectivity index (χ1) is 19.9. The van der Waals surface area contributed by atoms with Crippen molar-refractivity contribution in [1.29, 1.82) is 0 Å². The smallest absolute Gasteiger partial charge is 0.325 e. The van der Waals surface area contributed by atoms with Crippen LogP contribution in [0, 0.1) is 0 Å². The number of H-pyrrole nitrogens is 1. The van der Waals surface area contributed by atoms with Crippen LogP contribution in [-0.4, -0.2) is 103 Å². The number of imidazole rings is 2. The van der Waals surface area contributed by atoms with Crippen LogP contribution in [0.15, 0.2) is 23.8 Å². The Balaban J connectivity index is 1.09. The summed E-state index contributed by atoms with van der Waals surface area (Å²) in [5, 5.41) is 20.6. The average Bonchev–Trinajstić information content (AvgIpc) is 3.47. The lowest BCUT2D eigenvalue weighted by Crippen LogP contribution is -2.36. The first kappa shape index (κ1) is 27.6. The van der Waals surface area contributed by atoms with E-state index in [0.29, 0.717) is 0 Å². The van der Waals surface area contributed by atoms with Crippen LogP contribution in [0.5, 0.6) is 0 Å². The maximum Gasteiger partial charge on any atom is 0.325 e. The Kier molecular flexibility index (Phi) is 6.14. The standard InChI is InChI=1S/C20H21F2N10O8PS/c21-6-9(33)5(38-17(6)31-3-27-7-13(23)25-2-26-14(7)31)1-37-41(36,42)40-12-18(39-11-10(34)20(11,12)22)32-4-28-8-15(32)29-19(24)30-16(8)35/h2-6,9-12,17-18,33-34H,1H2,(H,36,42)(H2,23,25,26)(H3,24,29,30,35)/t5-,6+,9-,10?,11-,12-,17-,18-,20-,41?/m1/s1. The molecule has 224 valence electrons. The van der Waals surface area contributed by atoms with Crippen molar-refractivity contribution < 1.29 is 42.4 Å². The molecule has 8 N–H and O–H groups in total. The lowest BCUT2D eigenvalue weighted by molar-refractivity contribution is -0.0794. The highest BCUT2D eigenvalue weighted by Gasteiger charge is 2.80. The summed E-state index contributed by atoms with van der Waals surface area (Å²) in [5.41, 5.74) is 8.36. The zero-order valence-electron chi connectivity index (χ0n) is 20.8. The Bertz CT molecular complexity index is 1830. The van der Waals surface area contributed by atoms with Gasteiger partial charge in [0.2, 0.25) is 5.95 Å². The molecule has 42 heavy (non-hydrogen) atoms. The summed E-state index contributed by atoms with van der Waals surface area (Å²) in [4.78, 5) is 45.1. The summed E-state index contributed by atoms with van der Waals surface area (Å²) < 4.78 is 55.2. The van der Waals surface area contributed by atoms with Gasteiger partial charge in [0.1, 0.15) is 36.3 Å². The number of rotatable bonds is 7. The number of aromatic nitrogens is 8. The molecule has 1 saturated carbocycles.